The number of aliphatic hydroxyl groups is 1. The quantitative estimate of drug-likeness (QED) is 0.728. The molecule has 2 atom stereocenters. The van der Waals surface area contributed by atoms with E-state index >= 15 is 0 Å². The Morgan fingerprint density at radius 1 is 1.63 bits per heavy atom. The summed E-state index contributed by atoms with van der Waals surface area (Å²) in [5.74, 6) is -0.466. The second kappa shape index (κ2) is 5.99. The van der Waals surface area contributed by atoms with Crippen LogP contribution in [0.3, 0.4) is 0 Å². The van der Waals surface area contributed by atoms with E-state index in [2.05, 4.69) is 10.6 Å². The highest BCUT2D eigenvalue weighted by atomic mass is 19.1. The van der Waals surface area contributed by atoms with E-state index in [-0.39, 0.29) is 24.2 Å². The van der Waals surface area contributed by atoms with Crippen molar-refractivity contribution in [3.05, 3.63) is 29.6 Å². The average molecular weight is 268 g/mol. The zero-order chi connectivity index (χ0) is 13.8. The van der Waals surface area contributed by atoms with Crippen molar-refractivity contribution in [2.75, 3.05) is 13.7 Å². The van der Waals surface area contributed by atoms with E-state index in [1.165, 1.54) is 19.2 Å². The average Bonchev–Trinajstić information content (AvgIpc) is 2.83. The van der Waals surface area contributed by atoms with Crippen LogP contribution in [0.15, 0.2) is 18.2 Å². The van der Waals surface area contributed by atoms with E-state index in [1.807, 2.05) is 0 Å². The number of amides is 1. The predicted octanol–water partition coefficient (Wildman–Crippen LogP) is 0.173. The molecule has 0 saturated carbocycles. The number of carbonyl (C=O) groups excluding carboxylic acids is 1. The fourth-order valence-corrected chi connectivity index (χ4v) is 2.05. The molecule has 6 heteroatoms. The minimum Gasteiger partial charge on any atom is -0.494 e. The Morgan fingerprint density at radius 2 is 2.42 bits per heavy atom. The molecule has 1 saturated heterocycles. The molecular weight excluding hydrogens is 251 g/mol. The minimum atomic E-state index is -0.478. The molecule has 1 aliphatic heterocycles. The van der Waals surface area contributed by atoms with Gasteiger partial charge in [0.15, 0.2) is 11.6 Å². The first-order valence-corrected chi connectivity index (χ1v) is 6.11. The number of rotatable bonds is 4. The van der Waals surface area contributed by atoms with Gasteiger partial charge in [0.25, 0.3) is 0 Å². The van der Waals surface area contributed by atoms with Crippen LogP contribution in [0.1, 0.15) is 12.0 Å². The van der Waals surface area contributed by atoms with E-state index in [0.29, 0.717) is 18.5 Å². The van der Waals surface area contributed by atoms with Crippen molar-refractivity contribution in [2.45, 2.75) is 25.1 Å². The molecule has 5 nitrogen and oxygen atoms in total. The summed E-state index contributed by atoms with van der Waals surface area (Å²) in [4.78, 5) is 11.8. The topological polar surface area (TPSA) is 70.6 Å². The molecule has 1 heterocycles. The van der Waals surface area contributed by atoms with Crippen molar-refractivity contribution in [3.63, 3.8) is 0 Å². The maximum absolute atomic E-state index is 13.4. The van der Waals surface area contributed by atoms with Gasteiger partial charge in [0.2, 0.25) is 5.91 Å². The highest BCUT2D eigenvalue weighted by Crippen LogP contribution is 2.17. The maximum atomic E-state index is 13.4. The number of hydrogen-bond acceptors (Lipinski definition) is 4. The first kappa shape index (κ1) is 13.8. The number of halogens is 1. The third kappa shape index (κ3) is 3.42. The summed E-state index contributed by atoms with van der Waals surface area (Å²) in [5, 5.41) is 14.9. The normalized spacial score (nSPS) is 22.3. The summed E-state index contributed by atoms with van der Waals surface area (Å²) in [6, 6.07) is 4.17. The van der Waals surface area contributed by atoms with Gasteiger partial charge in [-0.25, -0.2) is 4.39 Å². The van der Waals surface area contributed by atoms with Crippen LogP contribution in [-0.2, 0) is 11.3 Å². The van der Waals surface area contributed by atoms with Crippen molar-refractivity contribution in [3.8, 4) is 5.75 Å². The molecule has 1 aromatic rings. The summed E-state index contributed by atoms with van der Waals surface area (Å²) < 4.78 is 18.3. The van der Waals surface area contributed by atoms with Crippen molar-refractivity contribution < 1.29 is 19.0 Å². The fraction of sp³-hybridized carbons (Fsp3) is 0.462. The van der Waals surface area contributed by atoms with Crippen molar-refractivity contribution in [1.29, 1.82) is 0 Å². The van der Waals surface area contributed by atoms with Gasteiger partial charge in [-0.1, -0.05) is 6.07 Å². The lowest BCUT2D eigenvalue weighted by molar-refractivity contribution is -0.123. The van der Waals surface area contributed by atoms with E-state index in [4.69, 9.17) is 4.74 Å². The van der Waals surface area contributed by atoms with Gasteiger partial charge >= 0.3 is 0 Å². The molecule has 0 aliphatic carbocycles. The van der Waals surface area contributed by atoms with Crippen LogP contribution in [-0.4, -0.2) is 36.8 Å². The first-order valence-electron chi connectivity index (χ1n) is 6.11. The third-order valence-corrected chi connectivity index (χ3v) is 3.11. The molecule has 104 valence electrons. The monoisotopic (exact) mass is 268 g/mol. The van der Waals surface area contributed by atoms with Crippen LogP contribution < -0.4 is 15.4 Å². The molecule has 1 amide bonds. The number of methoxy groups -OCH3 is 1. The third-order valence-electron chi connectivity index (χ3n) is 3.11. The molecule has 0 radical (unpaired) electrons. The second-order valence-corrected chi connectivity index (χ2v) is 4.54. The Hall–Kier alpha value is -1.66. The fourth-order valence-electron chi connectivity index (χ4n) is 2.05. The number of hydrogen-bond donors (Lipinski definition) is 3. The molecule has 19 heavy (non-hydrogen) atoms. The summed E-state index contributed by atoms with van der Waals surface area (Å²) in [6.07, 6.45) is -0.0720. The van der Waals surface area contributed by atoms with Gasteiger partial charge < -0.3 is 20.5 Å². The number of carbonyl (C=O) groups is 1. The lowest BCUT2D eigenvalue weighted by Gasteiger charge is -2.11. The maximum Gasteiger partial charge on any atom is 0.237 e. The standard InChI is InChI=1S/C13H17FN2O3/c1-19-12-3-2-8(4-10(12)14)6-16-13(18)11-5-9(17)7-15-11/h2-4,9,11,15,17H,5-7H2,1H3,(H,16,18). The summed E-state index contributed by atoms with van der Waals surface area (Å²) in [6.45, 7) is 0.670. The van der Waals surface area contributed by atoms with Gasteiger partial charge in [-0.15, -0.1) is 0 Å². The van der Waals surface area contributed by atoms with E-state index in [1.54, 1.807) is 6.07 Å². The van der Waals surface area contributed by atoms with Gasteiger partial charge in [0.1, 0.15) is 0 Å². The lowest BCUT2D eigenvalue weighted by Crippen LogP contribution is -2.40. The Morgan fingerprint density at radius 3 is 3.00 bits per heavy atom. The Kier molecular flexibility index (Phi) is 4.34. The molecule has 2 rings (SSSR count). The molecule has 2 unspecified atom stereocenters. The molecule has 0 aromatic heterocycles. The van der Waals surface area contributed by atoms with Crippen LogP contribution >= 0.6 is 0 Å². The molecule has 1 aromatic carbocycles. The van der Waals surface area contributed by atoms with Gasteiger partial charge in [0.05, 0.1) is 19.3 Å². The van der Waals surface area contributed by atoms with E-state index in [9.17, 15) is 14.3 Å². The zero-order valence-electron chi connectivity index (χ0n) is 10.6. The van der Waals surface area contributed by atoms with Gasteiger partial charge in [0, 0.05) is 13.1 Å². The van der Waals surface area contributed by atoms with Crippen LogP contribution in [0.25, 0.3) is 0 Å². The van der Waals surface area contributed by atoms with E-state index in [0.717, 1.165) is 0 Å². The van der Waals surface area contributed by atoms with Crippen LogP contribution in [0.2, 0.25) is 0 Å². The Labute approximate surface area is 110 Å². The van der Waals surface area contributed by atoms with Crippen molar-refractivity contribution in [1.82, 2.24) is 10.6 Å². The number of aliphatic hydroxyl groups excluding tert-OH is 1. The lowest BCUT2D eigenvalue weighted by atomic mass is 10.1. The molecule has 0 spiro atoms. The number of nitrogens with one attached hydrogen (secondary N) is 2. The Balaban J connectivity index is 1.88. The molecule has 1 fully saturated rings. The van der Waals surface area contributed by atoms with Crippen molar-refractivity contribution in [2.24, 2.45) is 0 Å². The summed E-state index contributed by atoms with van der Waals surface area (Å²) in [5.41, 5.74) is 0.658. The van der Waals surface area contributed by atoms with Crippen LogP contribution in [0, 0.1) is 5.82 Å². The zero-order valence-corrected chi connectivity index (χ0v) is 10.6. The van der Waals surface area contributed by atoms with Crippen LogP contribution in [0.5, 0.6) is 5.75 Å². The van der Waals surface area contributed by atoms with Gasteiger partial charge in [-0.3, -0.25) is 4.79 Å². The summed E-state index contributed by atoms with van der Waals surface area (Å²) >= 11 is 0. The minimum absolute atomic E-state index is 0.177. The molecule has 0 bridgehead atoms. The molecular formula is C13H17FN2O3. The predicted molar refractivity (Wildman–Crippen MR) is 67.2 cm³/mol. The second-order valence-electron chi connectivity index (χ2n) is 4.54. The SMILES string of the molecule is COc1ccc(CNC(=O)C2CC(O)CN2)cc1F. The Bertz CT molecular complexity index is 467. The highest BCUT2D eigenvalue weighted by Gasteiger charge is 2.27. The smallest absolute Gasteiger partial charge is 0.237 e. The molecule has 3 N–H and O–H groups in total. The largest absolute Gasteiger partial charge is 0.494 e. The number of ether oxygens (including phenoxy) is 1. The van der Waals surface area contributed by atoms with Gasteiger partial charge in [-0.2, -0.15) is 0 Å². The van der Waals surface area contributed by atoms with Crippen LogP contribution in [0.4, 0.5) is 4.39 Å². The number of β-amino-alcohol motifs (C(OH)–C–C–N with tert-alkyl or cyclic N) is 1. The summed E-state index contributed by atoms with van der Waals surface area (Å²) in [7, 11) is 1.40. The molecule has 1 aliphatic rings. The first-order chi connectivity index (χ1) is 9.10. The van der Waals surface area contributed by atoms with Crippen molar-refractivity contribution >= 4 is 5.91 Å². The highest BCUT2D eigenvalue weighted by molar-refractivity contribution is 5.82. The van der Waals surface area contributed by atoms with E-state index < -0.39 is 11.9 Å². The number of benzene rings is 1. The van der Waals surface area contributed by atoms with Gasteiger partial charge in [-0.05, 0) is 24.1 Å².